The van der Waals surface area contributed by atoms with E-state index >= 15 is 0 Å². The zero-order valence-corrected chi connectivity index (χ0v) is 19.4. The average molecular weight is 506 g/mol. The summed E-state index contributed by atoms with van der Waals surface area (Å²) in [6.07, 6.45) is -4.51. The minimum atomic E-state index is -4.51. The molecular weight excluding hydrogens is 487 g/mol. The van der Waals surface area contributed by atoms with Gasteiger partial charge in [-0.25, -0.2) is 4.98 Å². The van der Waals surface area contributed by atoms with Crippen LogP contribution in [0.4, 0.5) is 18.9 Å². The second-order valence-corrected chi connectivity index (χ2v) is 9.04. The summed E-state index contributed by atoms with van der Waals surface area (Å²) < 4.78 is 45.9. The van der Waals surface area contributed by atoms with Crippen molar-refractivity contribution in [1.82, 2.24) is 9.55 Å². The molecule has 0 fully saturated rings. The number of carbonyl (C=O) groups excluding carboxylic acids is 1. The predicted octanol–water partition coefficient (Wildman–Crippen LogP) is 5.26. The van der Waals surface area contributed by atoms with E-state index in [0.29, 0.717) is 21.1 Å². The number of ether oxygens (including phenoxy) is 1. The number of halogens is 3. The van der Waals surface area contributed by atoms with Gasteiger partial charge in [-0.1, -0.05) is 30.0 Å². The highest BCUT2D eigenvalue weighted by atomic mass is 32.2. The number of benzene rings is 2. The Labute approximate surface area is 200 Å². The molecule has 2 aromatic carbocycles. The Bertz CT molecular complexity index is 1380. The zero-order valence-electron chi connectivity index (χ0n) is 17.8. The smallest absolute Gasteiger partial charge is 0.416 e. The lowest BCUT2D eigenvalue weighted by Crippen LogP contribution is -2.24. The van der Waals surface area contributed by atoms with Crippen molar-refractivity contribution in [3.05, 3.63) is 81.5 Å². The fraction of sp³-hybridized carbons (Fsp3) is 0.174. The van der Waals surface area contributed by atoms with Crippen LogP contribution in [-0.4, -0.2) is 28.3 Å². The van der Waals surface area contributed by atoms with Gasteiger partial charge in [0.1, 0.15) is 10.4 Å². The number of amides is 1. The number of carbonyl (C=O) groups is 1. The average Bonchev–Trinajstić information content (AvgIpc) is 3.29. The van der Waals surface area contributed by atoms with E-state index in [1.807, 2.05) is 12.1 Å². The molecule has 11 heteroatoms. The van der Waals surface area contributed by atoms with E-state index in [2.05, 4.69) is 10.3 Å². The predicted molar refractivity (Wildman–Crippen MR) is 127 cm³/mol. The number of thiophene rings is 1. The van der Waals surface area contributed by atoms with Crippen molar-refractivity contribution in [2.24, 2.45) is 0 Å². The fourth-order valence-corrected chi connectivity index (χ4v) is 4.76. The first-order chi connectivity index (χ1) is 16.2. The SMILES string of the molecule is COc1ccc(Cn2c(SCC(=O)Nc3cccc(C(F)(F)F)c3)nc3ccsc3c2=O)cc1. The molecule has 1 amide bonds. The Morgan fingerprint density at radius 3 is 2.65 bits per heavy atom. The van der Waals surface area contributed by atoms with Gasteiger partial charge in [-0.15, -0.1) is 11.3 Å². The molecule has 0 radical (unpaired) electrons. The van der Waals surface area contributed by atoms with Crippen LogP contribution in [0.1, 0.15) is 11.1 Å². The molecule has 0 unspecified atom stereocenters. The van der Waals surface area contributed by atoms with Crippen molar-refractivity contribution >= 4 is 44.9 Å². The first-order valence-corrected chi connectivity index (χ1v) is 11.8. The number of rotatable bonds is 7. The molecule has 0 atom stereocenters. The Kier molecular flexibility index (Phi) is 6.94. The third-order valence-electron chi connectivity index (χ3n) is 4.84. The molecule has 0 spiro atoms. The molecule has 1 N–H and O–H groups in total. The minimum absolute atomic E-state index is 0.0392. The first-order valence-electron chi connectivity index (χ1n) is 9.95. The maximum Gasteiger partial charge on any atom is 0.416 e. The van der Waals surface area contributed by atoms with Gasteiger partial charge in [-0.05, 0) is 47.3 Å². The van der Waals surface area contributed by atoms with Gasteiger partial charge in [0.05, 0.1) is 30.5 Å². The number of nitrogens with zero attached hydrogens (tertiary/aromatic N) is 2. The van der Waals surface area contributed by atoms with Gasteiger partial charge in [-0.3, -0.25) is 14.2 Å². The van der Waals surface area contributed by atoms with Crippen LogP contribution in [-0.2, 0) is 17.5 Å². The lowest BCUT2D eigenvalue weighted by molar-refractivity contribution is -0.137. The summed E-state index contributed by atoms with van der Waals surface area (Å²) in [5.74, 6) is 0.0322. The van der Waals surface area contributed by atoms with Crippen molar-refractivity contribution in [3.8, 4) is 5.75 Å². The van der Waals surface area contributed by atoms with Crippen LogP contribution in [0.5, 0.6) is 5.75 Å². The maximum atomic E-state index is 13.1. The molecule has 34 heavy (non-hydrogen) atoms. The second-order valence-electron chi connectivity index (χ2n) is 7.18. The Hall–Kier alpha value is -3.31. The number of anilines is 1. The molecule has 2 aromatic heterocycles. The van der Waals surface area contributed by atoms with Gasteiger partial charge in [-0.2, -0.15) is 13.2 Å². The van der Waals surface area contributed by atoms with Crippen LogP contribution in [0.25, 0.3) is 10.2 Å². The van der Waals surface area contributed by atoms with E-state index in [0.717, 1.165) is 29.5 Å². The van der Waals surface area contributed by atoms with E-state index < -0.39 is 17.6 Å². The van der Waals surface area contributed by atoms with Crippen LogP contribution in [0.2, 0.25) is 0 Å². The number of alkyl halides is 3. The molecule has 0 saturated carbocycles. The number of thioether (sulfide) groups is 1. The van der Waals surface area contributed by atoms with E-state index in [1.165, 1.54) is 28.0 Å². The third kappa shape index (κ3) is 5.42. The highest BCUT2D eigenvalue weighted by molar-refractivity contribution is 7.99. The van der Waals surface area contributed by atoms with E-state index in [4.69, 9.17) is 4.74 Å². The number of fused-ring (bicyclic) bond motifs is 1. The third-order valence-corrected chi connectivity index (χ3v) is 6.70. The van der Waals surface area contributed by atoms with Gasteiger partial charge in [0.25, 0.3) is 5.56 Å². The maximum absolute atomic E-state index is 13.1. The van der Waals surface area contributed by atoms with Crippen LogP contribution < -0.4 is 15.6 Å². The van der Waals surface area contributed by atoms with Crippen molar-refractivity contribution in [2.45, 2.75) is 17.9 Å². The minimum Gasteiger partial charge on any atom is -0.497 e. The van der Waals surface area contributed by atoms with Crippen LogP contribution in [0.3, 0.4) is 0 Å². The number of nitrogens with one attached hydrogen (secondary N) is 1. The summed E-state index contributed by atoms with van der Waals surface area (Å²) in [4.78, 5) is 30.1. The quantitative estimate of drug-likeness (QED) is 0.274. The number of hydrogen-bond acceptors (Lipinski definition) is 6. The van der Waals surface area contributed by atoms with Gasteiger partial charge in [0.2, 0.25) is 5.91 Å². The Balaban J connectivity index is 1.54. The summed E-state index contributed by atoms with van der Waals surface area (Å²) in [5, 5.41) is 4.57. The van der Waals surface area contributed by atoms with Crippen molar-refractivity contribution in [2.75, 3.05) is 18.2 Å². The van der Waals surface area contributed by atoms with Crippen LogP contribution in [0, 0.1) is 0 Å². The second kappa shape index (κ2) is 9.90. The number of aromatic nitrogens is 2. The zero-order chi connectivity index (χ0) is 24.3. The number of methoxy groups -OCH3 is 1. The van der Waals surface area contributed by atoms with Crippen LogP contribution in [0.15, 0.2) is 69.9 Å². The first kappa shape index (κ1) is 23.8. The van der Waals surface area contributed by atoms with Crippen LogP contribution >= 0.6 is 23.1 Å². The normalized spacial score (nSPS) is 11.5. The van der Waals surface area contributed by atoms with E-state index in [9.17, 15) is 22.8 Å². The topological polar surface area (TPSA) is 73.2 Å². The number of hydrogen-bond donors (Lipinski definition) is 1. The lowest BCUT2D eigenvalue weighted by atomic mass is 10.2. The summed E-state index contributed by atoms with van der Waals surface area (Å²) >= 11 is 2.33. The van der Waals surface area contributed by atoms with Crippen molar-refractivity contribution in [3.63, 3.8) is 0 Å². The Morgan fingerprint density at radius 2 is 1.94 bits per heavy atom. The fourth-order valence-electron chi connectivity index (χ4n) is 3.19. The summed E-state index contributed by atoms with van der Waals surface area (Å²) in [6, 6.07) is 13.4. The summed E-state index contributed by atoms with van der Waals surface area (Å²) in [6.45, 7) is 0.237. The molecule has 2 heterocycles. The highest BCUT2D eigenvalue weighted by Crippen LogP contribution is 2.31. The molecule has 0 aliphatic heterocycles. The monoisotopic (exact) mass is 505 g/mol. The molecule has 4 aromatic rings. The highest BCUT2D eigenvalue weighted by Gasteiger charge is 2.30. The Morgan fingerprint density at radius 1 is 1.18 bits per heavy atom. The van der Waals surface area contributed by atoms with Gasteiger partial charge >= 0.3 is 6.18 Å². The largest absolute Gasteiger partial charge is 0.497 e. The van der Waals surface area contributed by atoms with E-state index in [-0.39, 0.29) is 23.5 Å². The van der Waals surface area contributed by atoms with Gasteiger partial charge in [0.15, 0.2) is 5.16 Å². The van der Waals surface area contributed by atoms with Gasteiger partial charge in [0, 0.05) is 5.69 Å². The molecule has 0 aliphatic carbocycles. The summed E-state index contributed by atoms with van der Waals surface area (Å²) in [5.41, 5.74) is 0.336. The molecule has 4 rings (SSSR count). The molecular formula is C23H18F3N3O3S2. The standard InChI is InChI=1S/C23H18F3N3O3S2/c1-32-17-7-5-14(6-8-17)12-29-21(31)20-18(9-10-33-20)28-22(29)34-13-19(30)27-16-4-2-3-15(11-16)23(24,25)26/h2-11H,12-13H2,1H3,(H,27,30). The molecule has 0 aliphatic rings. The van der Waals surface area contributed by atoms with Crippen molar-refractivity contribution in [1.29, 1.82) is 0 Å². The molecule has 0 bridgehead atoms. The van der Waals surface area contributed by atoms with Gasteiger partial charge < -0.3 is 10.1 Å². The molecule has 0 saturated heterocycles. The molecule has 6 nitrogen and oxygen atoms in total. The summed E-state index contributed by atoms with van der Waals surface area (Å²) in [7, 11) is 1.56. The van der Waals surface area contributed by atoms with Crippen molar-refractivity contribution < 1.29 is 22.7 Å². The lowest BCUT2D eigenvalue weighted by Gasteiger charge is -2.13. The molecule has 176 valence electrons. The van der Waals surface area contributed by atoms with E-state index in [1.54, 1.807) is 30.7 Å².